The highest BCUT2D eigenvalue weighted by Crippen LogP contribution is 2.62. The SMILES string of the molecule is c1ccc(-c2cccc3cccc(-c4cccc(-c5ccc6c(c5)C5(c7ccccc7O6)c6ccccc6-c6ccccc65)c4)c23)cc1. The summed E-state index contributed by atoms with van der Waals surface area (Å²) >= 11 is 0. The van der Waals surface area contributed by atoms with Gasteiger partial charge in [0.2, 0.25) is 0 Å². The van der Waals surface area contributed by atoms with Gasteiger partial charge in [0.15, 0.2) is 0 Å². The summed E-state index contributed by atoms with van der Waals surface area (Å²) in [5, 5.41) is 2.52. The molecule has 0 saturated carbocycles. The standard InChI is InChI=1S/C47H30O/c1-2-13-31(14-3-1)36-21-11-15-32-16-12-22-37(46(32)36)35-18-10-17-33(29-35)34-27-28-45-43(30-34)47(42-25-8-9-26-44(42)48-45)40-23-6-4-19-38(40)39-20-5-7-24-41(39)47/h1-30H. The van der Waals surface area contributed by atoms with E-state index < -0.39 is 5.41 Å². The molecule has 1 aliphatic carbocycles. The lowest BCUT2D eigenvalue weighted by Crippen LogP contribution is -2.32. The van der Waals surface area contributed by atoms with Crippen LogP contribution in [0.4, 0.5) is 0 Å². The van der Waals surface area contributed by atoms with E-state index in [0.717, 1.165) is 11.5 Å². The largest absolute Gasteiger partial charge is 0.457 e. The zero-order chi connectivity index (χ0) is 31.7. The molecule has 0 amide bonds. The summed E-state index contributed by atoms with van der Waals surface area (Å²) in [4.78, 5) is 0. The van der Waals surface area contributed by atoms with Crippen LogP contribution in [0.2, 0.25) is 0 Å². The Morgan fingerprint density at radius 3 is 1.58 bits per heavy atom. The summed E-state index contributed by atoms with van der Waals surface area (Å²) < 4.78 is 6.68. The van der Waals surface area contributed by atoms with Gasteiger partial charge in [-0.15, -0.1) is 0 Å². The second kappa shape index (κ2) is 10.4. The molecule has 0 radical (unpaired) electrons. The molecule has 8 aromatic carbocycles. The number of hydrogen-bond donors (Lipinski definition) is 0. The molecule has 8 aromatic rings. The molecule has 1 nitrogen and oxygen atoms in total. The van der Waals surface area contributed by atoms with Gasteiger partial charge in [-0.2, -0.15) is 0 Å². The quantitative estimate of drug-likeness (QED) is 0.193. The number of fused-ring (bicyclic) bond motifs is 10. The van der Waals surface area contributed by atoms with E-state index in [9.17, 15) is 0 Å². The first-order valence-corrected chi connectivity index (χ1v) is 16.6. The molecule has 2 aliphatic rings. The molecule has 1 heteroatoms. The van der Waals surface area contributed by atoms with Crippen molar-refractivity contribution in [3.63, 3.8) is 0 Å². The van der Waals surface area contributed by atoms with Crippen molar-refractivity contribution < 1.29 is 4.74 Å². The predicted molar refractivity (Wildman–Crippen MR) is 198 cm³/mol. The molecule has 0 aromatic heterocycles. The van der Waals surface area contributed by atoms with Crippen molar-refractivity contribution in [2.24, 2.45) is 0 Å². The van der Waals surface area contributed by atoms with Crippen LogP contribution in [0.15, 0.2) is 182 Å². The molecule has 0 fully saturated rings. The third kappa shape index (κ3) is 3.79. The lowest BCUT2D eigenvalue weighted by atomic mass is 9.66. The molecule has 0 atom stereocenters. The number of ether oxygens (including phenoxy) is 1. The van der Waals surface area contributed by atoms with Gasteiger partial charge >= 0.3 is 0 Å². The minimum absolute atomic E-state index is 0.481. The lowest BCUT2D eigenvalue weighted by Gasteiger charge is -2.39. The summed E-state index contributed by atoms with van der Waals surface area (Å²) in [6.07, 6.45) is 0. The van der Waals surface area contributed by atoms with Gasteiger partial charge in [0.25, 0.3) is 0 Å². The minimum atomic E-state index is -0.481. The average molecular weight is 611 g/mol. The second-order valence-corrected chi connectivity index (χ2v) is 12.8. The first-order chi connectivity index (χ1) is 23.8. The predicted octanol–water partition coefficient (Wildman–Crippen LogP) is 12.3. The first kappa shape index (κ1) is 27.0. The van der Waals surface area contributed by atoms with Crippen LogP contribution in [0.25, 0.3) is 55.3 Å². The van der Waals surface area contributed by atoms with Crippen LogP contribution < -0.4 is 4.74 Å². The van der Waals surface area contributed by atoms with Crippen LogP contribution >= 0.6 is 0 Å². The molecule has 1 aliphatic heterocycles. The van der Waals surface area contributed by atoms with E-state index in [-0.39, 0.29) is 0 Å². The van der Waals surface area contributed by atoms with Crippen LogP contribution in [0.3, 0.4) is 0 Å². The number of rotatable bonds is 3. The Morgan fingerprint density at radius 2 is 0.833 bits per heavy atom. The van der Waals surface area contributed by atoms with Gasteiger partial charge < -0.3 is 4.74 Å². The first-order valence-electron chi connectivity index (χ1n) is 16.6. The Bertz CT molecular complexity index is 2490. The van der Waals surface area contributed by atoms with Crippen LogP contribution in [0, 0.1) is 0 Å². The van der Waals surface area contributed by atoms with E-state index in [1.165, 1.54) is 77.5 Å². The lowest BCUT2D eigenvalue weighted by molar-refractivity contribution is 0.436. The molecule has 10 rings (SSSR count). The number of benzene rings is 8. The van der Waals surface area contributed by atoms with E-state index in [1.54, 1.807) is 0 Å². The maximum atomic E-state index is 6.68. The van der Waals surface area contributed by atoms with E-state index in [1.807, 2.05) is 0 Å². The monoisotopic (exact) mass is 610 g/mol. The van der Waals surface area contributed by atoms with E-state index in [4.69, 9.17) is 4.74 Å². The second-order valence-electron chi connectivity index (χ2n) is 12.8. The molecule has 0 saturated heterocycles. The summed E-state index contributed by atoms with van der Waals surface area (Å²) in [6.45, 7) is 0. The van der Waals surface area contributed by atoms with Gasteiger partial charge in [-0.1, -0.05) is 158 Å². The van der Waals surface area contributed by atoms with Crippen LogP contribution in [-0.4, -0.2) is 0 Å². The van der Waals surface area contributed by atoms with Crippen LogP contribution in [-0.2, 0) is 5.41 Å². The molecule has 0 N–H and O–H groups in total. The van der Waals surface area contributed by atoms with Crippen molar-refractivity contribution in [1.29, 1.82) is 0 Å². The summed E-state index contributed by atoms with van der Waals surface area (Å²) in [7, 11) is 0. The Balaban J connectivity index is 1.19. The van der Waals surface area contributed by atoms with E-state index in [2.05, 4.69) is 182 Å². The Kier molecular flexibility index (Phi) is 5.86. The number of para-hydroxylation sites is 1. The maximum Gasteiger partial charge on any atom is 0.132 e. The highest BCUT2D eigenvalue weighted by molar-refractivity contribution is 6.06. The normalized spacial score (nSPS) is 13.3. The van der Waals surface area contributed by atoms with Gasteiger partial charge in [-0.05, 0) is 90.7 Å². The van der Waals surface area contributed by atoms with Crippen molar-refractivity contribution in [1.82, 2.24) is 0 Å². The topological polar surface area (TPSA) is 9.23 Å². The third-order valence-electron chi connectivity index (χ3n) is 10.3. The molecule has 0 bridgehead atoms. The van der Waals surface area contributed by atoms with Crippen molar-refractivity contribution in [2.45, 2.75) is 5.41 Å². The molecule has 1 spiro atoms. The van der Waals surface area contributed by atoms with Gasteiger partial charge in [0.1, 0.15) is 11.5 Å². The molecule has 48 heavy (non-hydrogen) atoms. The van der Waals surface area contributed by atoms with E-state index in [0.29, 0.717) is 0 Å². The van der Waals surface area contributed by atoms with Crippen molar-refractivity contribution in [3.05, 3.63) is 204 Å². The average Bonchev–Trinajstić information content (AvgIpc) is 3.45. The van der Waals surface area contributed by atoms with Crippen molar-refractivity contribution in [2.75, 3.05) is 0 Å². The van der Waals surface area contributed by atoms with Crippen LogP contribution in [0.1, 0.15) is 22.3 Å². The Labute approximate surface area is 280 Å². The third-order valence-corrected chi connectivity index (χ3v) is 10.3. The fourth-order valence-corrected chi connectivity index (χ4v) is 8.34. The molecule has 1 heterocycles. The van der Waals surface area contributed by atoms with Crippen molar-refractivity contribution in [3.8, 4) is 56.0 Å². The van der Waals surface area contributed by atoms with Gasteiger partial charge in [-0.3, -0.25) is 0 Å². The smallest absolute Gasteiger partial charge is 0.132 e. The highest BCUT2D eigenvalue weighted by Gasteiger charge is 2.50. The Morgan fingerprint density at radius 1 is 0.312 bits per heavy atom. The number of hydrogen-bond acceptors (Lipinski definition) is 1. The molecule has 224 valence electrons. The summed E-state index contributed by atoms with van der Waals surface area (Å²) in [6, 6.07) is 66.1. The maximum absolute atomic E-state index is 6.68. The fraction of sp³-hybridized carbons (Fsp3) is 0.0213. The Hall–Kier alpha value is -6.18. The van der Waals surface area contributed by atoms with Crippen molar-refractivity contribution >= 4 is 10.8 Å². The van der Waals surface area contributed by atoms with Crippen LogP contribution in [0.5, 0.6) is 11.5 Å². The van der Waals surface area contributed by atoms with E-state index >= 15 is 0 Å². The molecule has 0 unspecified atom stereocenters. The van der Waals surface area contributed by atoms with Gasteiger partial charge in [0, 0.05) is 11.1 Å². The molecular weight excluding hydrogens is 581 g/mol. The zero-order valence-electron chi connectivity index (χ0n) is 26.2. The summed E-state index contributed by atoms with van der Waals surface area (Å²) in [5.74, 6) is 1.82. The minimum Gasteiger partial charge on any atom is -0.457 e. The fourth-order valence-electron chi connectivity index (χ4n) is 8.34. The van der Waals surface area contributed by atoms with Gasteiger partial charge in [-0.25, -0.2) is 0 Å². The van der Waals surface area contributed by atoms with Gasteiger partial charge in [0.05, 0.1) is 5.41 Å². The highest BCUT2D eigenvalue weighted by atomic mass is 16.5. The summed E-state index contributed by atoms with van der Waals surface area (Å²) in [5.41, 5.74) is 14.3. The molecular formula is C47H30O. The zero-order valence-corrected chi connectivity index (χ0v) is 26.2.